The average molecular weight is 395 g/mol. The quantitative estimate of drug-likeness (QED) is 0.615. The Balaban J connectivity index is 1.39. The molecule has 0 saturated carbocycles. The van der Waals surface area contributed by atoms with Crippen molar-refractivity contribution in [2.45, 2.75) is 33.0 Å². The molecule has 1 aromatic carbocycles. The third kappa shape index (κ3) is 3.90. The van der Waals surface area contributed by atoms with E-state index in [9.17, 15) is 9.59 Å². The molecule has 9 nitrogen and oxygen atoms in total. The number of benzene rings is 1. The van der Waals surface area contributed by atoms with Gasteiger partial charge >= 0.3 is 6.03 Å². The van der Waals surface area contributed by atoms with E-state index in [0.29, 0.717) is 24.6 Å². The number of hydrogen-bond donors (Lipinski definition) is 1. The van der Waals surface area contributed by atoms with Crippen LogP contribution in [-0.4, -0.2) is 39.5 Å². The Bertz CT molecular complexity index is 1010. The van der Waals surface area contributed by atoms with Crippen LogP contribution < -0.4 is 10.2 Å². The van der Waals surface area contributed by atoms with E-state index >= 15 is 0 Å². The van der Waals surface area contributed by atoms with Crippen LogP contribution in [0.4, 0.5) is 10.5 Å². The number of ether oxygens (including phenoxy) is 1. The molecule has 1 aliphatic heterocycles. The first-order chi connectivity index (χ1) is 14.0. The lowest BCUT2D eigenvalue weighted by molar-refractivity contribution is -0.119. The van der Waals surface area contributed by atoms with Gasteiger partial charge in [0.25, 0.3) is 5.91 Å². The van der Waals surface area contributed by atoms with Crippen molar-refractivity contribution >= 4 is 17.6 Å². The summed E-state index contributed by atoms with van der Waals surface area (Å²) in [7, 11) is 0. The summed E-state index contributed by atoms with van der Waals surface area (Å²) in [6, 6.07) is 8.43. The number of imide groups is 1. The molecule has 1 saturated heterocycles. The minimum atomic E-state index is -0.725. The number of nitrogens with zero attached hydrogens (tertiary/aromatic N) is 4. The second-order valence-corrected chi connectivity index (χ2v) is 6.88. The van der Waals surface area contributed by atoms with Crippen molar-refractivity contribution in [2.75, 3.05) is 11.5 Å². The van der Waals surface area contributed by atoms with E-state index in [1.807, 2.05) is 44.2 Å². The summed E-state index contributed by atoms with van der Waals surface area (Å²) in [4.78, 5) is 26.1. The number of rotatable bonds is 7. The molecule has 4 rings (SSSR count). The lowest BCUT2D eigenvalue weighted by Crippen LogP contribution is -2.34. The normalized spacial score (nSPS) is 16.5. The van der Waals surface area contributed by atoms with E-state index < -0.39 is 12.1 Å². The Kier molecular flexibility index (Phi) is 5.13. The SMILES string of the molecule is Cc1noc(C)c1Cn1cc(N2C(=O)NC(COCc3ccccc3)C2=O)cn1. The summed E-state index contributed by atoms with van der Waals surface area (Å²) in [5.74, 6) is 0.352. The number of amides is 3. The molecule has 1 N–H and O–H groups in total. The molecule has 0 radical (unpaired) electrons. The fraction of sp³-hybridized carbons (Fsp3) is 0.300. The van der Waals surface area contributed by atoms with Gasteiger partial charge in [0.05, 0.1) is 37.3 Å². The highest BCUT2D eigenvalue weighted by molar-refractivity contribution is 6.21. The second-order valence-electron chi connectivity index (χ2n) is 6.88. The van der Waals surface area contributed by atoms with Gasteiger partial charge in [-0.05, 0) is 19.4 Å². The van der Waals surface area contributed by atoms with Gasteiger partial charge in [0.15, 0.2) is 0 Å². The van der Waals surface area contributed by atoms with Crippen LogP contribution in [0.5, 0.6) is 0 Å². The second kappa shape index (κ2) is 7.88. The van der Waals surface area contributed by atoms with E-state index in [4.69, 9.17) is 9.26 Å². The van der Waals surface area contributed by atoms with E-state index in [1.165, 1.54) is 6.20 Å². The van der Waals surface area contributed by atoms with Gasteiger partial charge in [-0.1, -0.05) is 35.5 Å². The zero-order valence-corrected chi connectivity index (χ0v) is 16.2. The number of nitrogens with one attached hydrogen (secondary N) is 1. The van der Waals surface area contributed by atoms with Crippen molar-refractivity contribution < 1.29 is 18.8 Å². The van der Waals surface area contributed by atoms with Crippen LogP contribution in [-0.2, 0) is 22.7 Å². The molecule has 9 heteroatoms. The highest BCUT2D eigenvalue weighted by Gasteiger charge is 2.39. The third-order valence-corrected chi connectivity index (χ3v) is 4.79. The molecule has 29 heavy (non-hydrogen) atoms. The molecule has 3 heterocycles. The Hall–Kier alpha value is -3.46. The summed E-state index contributed by atoms with van der Waals surface area (Å²) in [5.41, 5.74) is 3.11. The summed E-state index contributed by atoms with van der Waals surface area (Å²) in [6.07, 6.45) is 3.14. The van der Waals surface area contributed by atoms with Crippen LogP contribution >= 0.6 is 0 Å². The number of aryl methyl sites for hydroxylation is 2. The molecule has 0 aliphatic carbocycles. The lowest BCUT2D eigenvalue weighted by Gasteiger charge is -2.11. The van der Waals surface area contributed by atoms with Gasteiger partial charge in [-0.25, -0.2) is 9.69 Å². The van der Waals surface area contributed by atoms with Crippen molar-refractivity contribution in [3.63, 3.8) is 0 Å². The maximum absolute atomic E-state index is 12.7. The van der Waals surface area contributed by atoms with Gasteiger partial charge < -0.3 is 14.6 Å². The summed E-state index contributed by atoms with van der Waals surface area (Å²) < 4.78 is 12.4. The molecule has 1 aliphatic rings. The molecule has 3 aromatic rings. The molecule has 0 spiro atoms. The van der Waals surface area contributed by atoms with Crippen molar-refractivity contribution in [1.29, 1.82) is 0 Å². The van der Waals surface area contributed by atoms with Crippen molar-refractivity contribution in [3.8, 4) is 0 Å². The molecule has 0 bridgehead atoms. The highest BCUT2D eigenvalue weighted by atomic mass is 16.5. The lowest BCUT2D eigenvalue weighted by atomic mass is 10.2. The van der Waals surface area contributed by atoms with Crippen LogP contribution in [0.15, 0.2) is 47.2 Å². The fourth-order valence-electron chi connectivity index (χ4n) is 3.20. The van der Waals surface area contributed by atoms with Gasteiger partial charge in [-0.2, -0.15) is 5.10 Å². The number of urea groups is 1. The molecule has 2 aromatic heterocycles. The Morgan fingerprint density at radius 1 is 1.21 bits per heavy atom. The van der Waals surface area contributed by atoms with Crippen molar-refractivity contribution in [3.05, 3.63) is 65.3 Å². The molecule has 1 fully saturated rings. The van der Waals surface area contributed by atoms with Gasteiger partial charge in [0, 0.05) is 11.8 Å². The van der Waals surface area contributed by atoms with E-state index in [2.05, 4.69) is 15.6 Å². The summed E-state index contributed by atoms with van der Waals surface area (Å²) in [6.45, 7) is 4.60. The molecular formula is C20H21N5O4. The van der Waals surface area contributed by atoms with E-state index in [0.717, 1.165) is 21.7 Å². The van der Waals surface area contributed by atoms with Crippen LogP contribution in [0.2, 0.25) is 0 Å². The third-order valence-electron chi connectivity index (χ3n) is 4.79. The smallest absolute Gasteiger partial charge is 0.329 e. The molecule has 3 amide bonds. The Labute approximate surface area is 167 Å². The standard InChI is InChI=1S/C20H21N5O4/c1-13-17(14(2)29-23-13)10-24-9-16(8-21-24)25-19(26)18(22-20(25)27)12-28-11-15-6-4-3-5-7-15/h3-9,18H,10-12H2,1-2H3,(H,22,27). The molecular weight excluding hydrogens is 374 g/mol. The number of carbonyl (C=O) groups is 2. The van der Waals surface area contributed by atoms with Crippen molar-refractivity contribution in [1.82, 2.24) is 20.3 Å². The molecule has 1 atom stereocenters. The topological polar surface area (TPSA) is 102 Å². The van der Waals surface area contributed by atoms with E-state index in [-0.39, 0.29) is 12.5 Å². The zero-order valence-electron chi connectivity index (χ0n) is 16.2. The van der Waals surface area contributed by atoms with Crippen LogP contribution in [0.3, 0.4) is 0 Å². The van der Waals surface area contributed by atoms with Gasteiger partial charge in [-0.15, -0.1) is 0 Å². The highest BCUT2D eigenvalue weighted by Crippen LogP contribution is 2.21. The Morgan fingerprint density at radius 2 is 2.00 bits per heavy atom. The first kappa shape index (κ1) is 18.9. The van der Waals surface area contributed by atoms with Gasteiger partial charge in [0.1, 0.15) is 11.8 Å². The van der Waals surface area contributed by atoms with Gasteiger partial charge in [-0.3, -0.25) is 9.48 Å². The predicted molar refractivity (Wildman–Crippen MR) is 103 cm³/mol. The largest absolute Gasteiger partial charge is 0.374 e. The van der Waals surface area contributed by atoms with Gasteiger partial charge in [0.2, 0.25) is 0 Å². The number of aromatic nitrogens is 3. The number of anilines is 1. The first-order valence-electron chi connectivity index (χ1n) is 9.23. The van der Waals surface area contributed by atoms with Crippen LogP contribution in [0.25, 0.3) is 0 Å². The minimum absolute atomic E-state index is 0.100. The fourth-order valence-corrected chi connectivity index (χ4v) is 3.20. The molecule has 1 unspecified atom stereocenters. The maximum Gasteiger partial charge on any atom is 0.329 e. The zero-order chi connectivity index (χ0) is 20.4. The van der Waals surface area contributed by atoms with E-state index in [1.54, 1.807) is 10.9 Å². The van der Waals surface area contributed by atoms with Crippen LogP contribution in [0, 0.1) is 13.8 Å². The average Bonchev–Trinajstić information content (AvgIpc) is 3.37. The number of carbonyl (C=O) groups excluding carboxylic acids is 2. The van der Waals surface area contributed by atoms with Crippen LogP contribution in [0.1, 0.15) is 22.6 Å². The summed E-state index contributed by atoms with van der Waals surface area (Å²) in [5, 5.41) is 10.8. The summed E-state index contributed by atoms with van der Waals surface area (Å²) >= 11 is 0. The minimum Gasteiger partial charge on any atom is -0.374 e. The Morgan fingerprint density at radius 3 is 2.72 bits per heavy atom. The number of hydrogen-bond acceptors (Lipinski definition) is 6. The van der Waals surface area contributed by atoms with Crippen molar-refractivity contribution in [2.24, 2.45) is 0 Å². The predicted octanol–water partition coefficient (Wildman–Crippen LogP) is 2.18. The maximum atomic E-state index is 12.7. The molecule has 150 valence electrons. The monoisotopic (exact) mass is 395 g/mol. The first-order valence-corrected chi connectivity index (χ1v) is 9.23.